The van der Waals surface area contributed by atoms with Crippen LogP contribution in [0.15, 0.2) is 36.4 Å². The maximum absolute atomic E-state index is 11.7. The van der Waals surface area contributed by atoms with Crippen LogP contribution in [0.3, 0.4) is 0 Å². The van der Waals surface area contributed by atoms with E-state index in [0.29, 0.717) is 21.4 Å². The van der Waals surface area contributed by atoms with Crippen molar-refractivity contribution in [2.45, 2.75) is 33.2 Å². The van der Waals surface area contributed by atoms with Crippen molar-refractivity contribution in [3.8, 4) is 0 Å². The summed E-state index contributed by atoms with van der Waals surface area (Å²) in [5.41, 5.74) is 4.64. The van der Waals surface area contributed by atoms with Gasteiger partial charge in [-0.1, -0.05) is 36.7 Å². The molecular formula is C20H23ClN2O2S. The highest BCUT2D eigenvalue weighted by Gasteiger charge is 2.14. The molecule has 2 N–H and O–H groups in total. The summed E-state index contributed by atoms with van der Waals surface area (Å²) in [6.45, 7) is 6.29. The predicted molar refractivity (Wildman–Crippen MR) is 111 cm³/mol. The van der Waals surface area contributed by atoms with Gasteiger partial charge in [0.1, 0.15) is 0 Å². The topological polar surface area (TPSA) is 50.4 Å². The normalized spacial score (nSPS) is 11.6. The van der Waals surface area contributed by atoms with Crippen LogP contribution in [-0.4, -0.2) is 18.2 Å². The first-order valence-electron chi connectivity index (χ1n) is 8.38. The fourth-order valence-electron chi connectivity index (χ4n) is 2.58. The zero-order valence-electron chi connectivity index (χ0n) is 15.4. The fraction of sp³-hybridized carbons (Fsp3) is 0.300. The number of halogens is 1. The Kier molecular flexibility index (Phi) is 7.00. The third kappa shape index (κ3) is 4.96. The van der Waals surface area contributed by atoms with Gasteiger partial charge in [-0.3, -0.25) is 0 Å². The van der Waals surface area contributed by atoms with Gasteiger partial charge in [0.2, 0.25) is 0 Å². The van der Waals surface area contributed by atoms with E-state index in [9.17, 15) is 4.79 Å². The van der Waals surface area contributed by atoms with Crippen LogP contribution in [-0.2, 0) is 4.74 Å². The summed E-state index contributed by atoms with van der Waals surface area (Å²) < 4.78 is 4.74. The summed E-state index contributed by atoms with van der Waals surface area (Å²) in [7, 11) is 1.34. The van der Waals surface area contributed by atoms with Gasteiger partial charge in [0.15, 0.2) is 5.11 Å². The maximum Gasteiger partial charge on any atom is 0.337 e. The minimum absolute atomic E-state index is 0.0804. The molecule has 0 saturated heterocycles. The highest BCUT2D eigenvalue weighted by molar-refractivity contribution is 7.80. The number of anilines is 1. The lowest BCUT2D eigenvalue weighted by Crippen LogP contribution is -2.32. The van der Waals surface area contributed by atoms with E-state index in [1.165, 1.54) is 23.8 Å². The summed E-state index contributed by atoms with van der Waals surface area (Å²) in [6.07, 6.45) is 0.875. The van der Waals surface area contributed by atoms with Crippen molar-refractivity contribution in [1.82, 2.24) is 5.32 Å². The molecule has 138 valence electrons. The molecule has 6 heteroatoms. The molecule has 2 aromatic rings. The number of rotatable bonds is 5. The summed E-state index contributed by atoms with van der Waals surface area (Å²) in [5.74, 6) is -0.426. The molecule has 0 radical (unpaired) electrons. The van der Waals surface area contributed by atoms with Crippen LogP contribution in [0.25, 0.3) is 0 Å². The van der Waals surface area contributed by atoms with E-state index in [1.54, 1.807) is 18.2 Å². The Labute approximate surface area is 164 Å². The summed E-state index contributed by atoms with van der Waals surface area (Å²) in [4.78, 5) is 11.7. The Morgan fingerprint density at radius 3 is 2.54 bits per heavy atom. The first kappa shape index (κ1) is 20.2. The second kappa shape index (κ2) is 9.01. The molecule has 2 rings (SSSR count). The minimum atomic E-state index is -0.426. The standard InChI is InChI=1S/C20H23ClN2O2S/c1-5-17(14-7-6-12(2)13(3)10-14)22-20(26)23-18-11-15(19(24)25-4)8-9-16(18)21/h6-11,17H,5H2,1-4H3,(H2,22,23,26). The van der Waals surface area contributed by atoms with Gasteiger partial charge in [-0.2, -0.15) is 0 Å². The number of benzene rings is 2. The molecule has 0 spiro atoms. The minimum Gasteiger partial charge on any atom is -0.465 e. The van der Waals surface area contributed by atoms with Gasteiger partial charge in [0.25, 0.3) is 0 Å². The van der Waals surface area contributed by atoms with E-state index in [2.05, 4.69) is 49.6 Å². The van der Waals surface area contributed by atoms with Crippen LogP contribution in [0.4, 0.5) is 5.69 Å². The van der Waals surface area contributed by atoms with Crippen molar-refractivity contribution in [3.05, 3.63) is 63.7 Å². The van der Waals surface area contributed by atoms with E-state index in [1.807, 2.05) is 0 Å². The molecule has 2 aromatic carbocycles. The Morgan fingerprint density at radius 2 is 1.92 bits per heavy atom. The lowest BCUT2D eigenvalue weighted by atomic mass is 9.99. The monoisotopic (exact) mass is 390 g/mol. The van der Waals surface area contributed by atoms with Crippen molar-refractivity contribution in [1.29, 1.82) is 0 Å². The Hall–Kier alpha value is -2.11. The van der Waals surface area contributed by atoms with Crippen LogP contribution >= 0.6 is 23.8 Å². The van der Waals surface area contributed by atoms with Crippen molar-refractivity contribution in [2.24, 2.45) is 0 Å². The zero-order valence-corrected chi connectivity index (χ0v) is 16.9. The maximum atomic E-state index is 11.7. The third-order valence-corrected chi connectivity index (χ3v) is 4.83. The van der Waals surface area contributed by atoms with Gasteiger partial charge in [0, 0.05) is 0 Å². The number of carbonyl (C=O) groups is 1. The Balaban J connectivity index is 2.14. The van der Waals surface area contributed by atoms with Gasteiger partial charge in [-0.25, -0.2) is 4.79 Å². The second-order valence-electron chi connectivity index (χ2n) is 6.09. The molecule has 4 nitrogen and oxygen atoms in total. The molecule has 0 aliphatic heterocycles. The van der Waals surface area contributed by atoms with Crippen LogP contribution in [0.2, 0.25) is 5.02 Å². The summed E-state index contributed by atoms with van der Waals surface area (Å²) in [6, 6.07) is 11.3. The first-order valence-corrected chi connectivity index (χ1v) is 9.16. The molecule has 0 aliphatic carbocycles. The average molecular weight is 391 g/mol. The Bertz CT molecular complexity index is 823. The molecule has 0 fully saturated rings. The van der Waals surface area contributed by atoms with Crippen molar-refractivity contribution in [3.63, 3.8) is 0 Å². The Morgan fingerprint density at radius 1 is 1.19 bits per heavy atom. The SMILES string of the molecule is CCC(NC(=S)Nc1cc(C(=O)OC)ccc1Cl)c1ccc(C)c(C)c1. The molecule has 0 bridgehead atoms. The molecule has 0 saturated carbocycles. The molecule has 1 unspecified atom stereocenters. The molecule has 0 aromatic heterocycles. The quantitative estimate of drug-likeness (QED) is 0.544. The van der Waals surface area contributed by atoms with E-state index in [0.717, 1.165) is 6.42 Å². The lowest BCUT2D eigenvalue weighted by molar-refractivity contribution is 0.0601. The molecule has 0 aliphatic rings. The number of aryl methyl sites for hydroxylation is 2. The van der Waals surface area contributed by atoms with E-state index < -0.39 is 5.97 Å². The van der Waals surface area contributed by atoms with Gasteiger partial charge < -0.3 is 15.4 Å². The number of thiocarbonyl (C=S) groups is 1. The number of nitrogens with one attached hydrogen (secondary N) is 2. The van der Waals surface area contributed by atoms with Crippen molar-refractivity contribution in [2.75, 3.05) is 12.4 Å². The van der Waals surface area contributed by atoms with Gasteiger partial charge in [0.05, 0.1) is 29.4 Å². The molecule has 1 atom stereocenters. The highest BCUT2D eigenvalue weighted by atomic mass is 35.5. The third-order valence-electron chi connectivity index (χ3n) is 4.28. The second-order valence-corrected chi connectivity index (χ2v) is 6.90. The van der Waals surface area contributed by atoms with E-state index >= 15 is 0 Å². The molecule has 0 amide bonds. The zero-order chi connectivity index (χ0) is 19.3. The number of ether oxygens (including phenoxy) is 1. The number of carbonyl (C=O) groups excluding carboxylic acids is 1. The highest BCUT2D eigenvalue weighted by Crippen LogP contribution is 2.24. The van der Waals surface area contributed by atoms with E-state index in [-0.39, 0.29) is 6.04 Å². The number of hydrogen-bond donors (Lipinski definition) is 2. The van der Waals surface area contributed by atoms with Crippen molar-refractivity contribution >= 4 is 40.6 Å². The smallest absolute Gasteiger partial charge is 0.337 e. The fourth-order valence-corrected chi connectivity index (χ4v) is 3.00. The van der Waals surface area contributed by atoms with Crippen molar-refractivity contribution < 1.29 is 9.53 Å². The summed E-state index contributed by atoms with van der Waals surface area (Å²) in [5, 5.41) is 7.30. The van der Waals surface area contributed by atoms with Crippen LogP contribution in [0, 0.1) is 13.8 Å². The van der Waals surface area contributed by atoms with Crippen LogP contribution in [0.1, 0.15) is 46.4 Å². The number of esters is 1. The predicted octanol–water partition coefficient (Wildman–Crippen LogP) is 5.18. The largest absolute Gasteiger partial charge is 0.465 e. The van der Waals surface area contributed by atoms with Gasteiger partial charge >= 0.3 is 5.97 Å². The average Bonchev–Trinajstić information content (AvgIpc) is 2.63. The first-order chi connectivity index (χ1) is 12.3. The van der Waals surface area contributed by atoms with Crippen LogP contribution < -0.4 is 10.6 Å². The molecular weight excluding hydrogens is 368 g/mol. The molecule has 26 heavy (non-hydrogen) atoms. The number of methoxy groups -OCH3 is 1. The summed E-state index contributed by atoms with van der Waals surface area (Å²) >= 11 is 11.6. The lowest BCUT2D eigenvalue weighted by Gasteiger charge is -2.21. The van der Waals surface area contributed by atoms with Gasteiger partial charge in [-0.15, -0.1) is 0 Å². The number of hydrogen-bond acceptors (Lipinski definition) is 3. The van der Waals surface area contributed by atoms with E-state index in [4.69, 9.17) is 28.6 Å². The van der Waals surface area contributed by atoms with Gasteiger partial charge in [-0.05, 0) is 67.4 Å². The molecule has 0 heterocycles. The van der Waals surface area contributed by atoms with Crippen LogP contribution in [0.5, 0.6) is 0 Å².